The summed E-state index contributed by atoms with van der Waals surface area (Å²) in [6.45, 7) is 0.0704. The second-order valence-electron chi connectivity index (χ2n) is 3.55. The summed E-state index contributed by atoms with van der Waals surface area (Å²) in [7, 11) is 2.88. The number of carbonyl (C=O) groups excluding carboxylic acids is 1. The number of halogens is 2. The molecule has 1 aromatic carbocycles. The van der Waals surface area contributed by atoms with E-state index < -0.39 is 23.6 Å². The number of esters is 1. The van der Waals surface area contributed by atoms with Crippen LogP contribution in [0.1, 0.15) is 6.42 Å². The van der Waals surface area contributed by atoms with Crippen molar-refractivity contribution < 1.29 is 23.0 Å². The number of nitrogens with one attached hydrogen (secondary N) is 1. The van der Waals surface area contributed by atoms with Crippen LogP contribution >= 0.6 is 0 Å². The molecule has 0 amide bonds. The van der Waals surface area contributed by atoms with Gasteiger partial charge < -0.3 is 14.8 Å². The second-order valence-corrected chi connectivity index (χ2v) is 3.55. The zero-order valence-corrected chi connectivity index (χ0v) is 10.2. The highest BCUT2D eigenvalue weighted by Gasteiger charge is 2.17. The molecule has 1 N–H and O–H groups in total. The molecule has 0 spiro atoms. The Labute approximate surface area is 104 Å². The van der Waals surface area contributed by atoms with Crippen LogP contribution in [0.15, 0.2) is 18.2 Å². The van der Waals surface area contributed by atoms with Crippen molar-refractivity contribution in [1.82, 2.24) is 5.32 Å². The Balaban J connectivity index is 2.50. The van der Waals surface area contributed by atoms with E-state index in [2.05, 4.69) is 10.1 Å². The van der Waals surface area contributed by atoms with E-state index in [4.69, 9.17) is 4.74 Å². The van der Waals surface area contributed by atoms with Crippen molar-refractivity contribution in [2.24, 2.45) is 0 Å². The van der Waals surface area contributed by atoms with Gasteiger partial charge in [-0.25, -0.2) is 4.39 Å². The SMILES string of the molecule is CNC(CCOc1cccc(F)c1F)C(=O)OC. The van der Waals surface area contributed by atoms with Gasteiger partial charge >= 0.3 is 5.97 Å². The Morgan fingerprint density at radius 1 is 1.44 bits per heavy atom. The lowest BCUT2D eigenvalue weighted by Gasteiger charge is -2.14. The van der Waals surface area contributed by atoms with Crippen molar-refractivity contribution in [3.63, 3.8) is 0 Å². The van der Waals surface area contributed by atoms with Crippen LogP contribution in [-0.4, -0.2) is 32.8 Å². The van der Waals surface area contributed by atoms with Crippen LogP contribution in [0.2, 0.25) is 0 Å². The molecule has 0 radical (unpaired) electrons. The van der Waals surface area contributed by atoms with E-state index in [1.165, 1.54) is 19.2 Å². The maximum absolute atomic E-state index is 13.2. The number of likely N-dealkylation sites (N-methyl/N-ethyl adjacent to an activating group) is 1. The van der Waals surface area contributed by atoms with Crippen LogP contribution in [0.4, 0.5) is 8.78 Å². The third kappa shape index (κ3) is 3.66. The van der Waals surface area contributed by atoms with Gasteiger partial charge in [-0.3, -0.25) is 4.79 Å². The highest BCUT2D eigenvalue weighted by Crippen LogP contribution is 2.19. The molecule has 1 atom stereocenters. The summed E-state index contributed by atoms with van der Waals surface area (Å²) >= 11 is 0. The number of methoxy groups -OCH3 is 1. The monoisotopic (exact) mass is 259 g/mol. The fraction of sp³-hybridized carbons (Fsp3) is 0.417. The highest BCUT2D eigenvalue weighted by atomic mass is 19.2. The first-order chi connectivity index (χ1) is 8.60. The van der Waals surface area contributed by atoms with E-state index in [1.54, 1.807) is 7.05 Å². The maximum Gasteiger partial charge on any atom is 0.322 e. The third-order valence-corrected chi connectivity index (χ3v) is 2.41. The lowest BCUT2D eigenvalue weighted by molar-refractivity contribution is -0.143. The summed E-state index contributed by atoms with van der Waals surface area (Å²) in [4.78, 5) is 11.2. The van der Waals surface area contributed by atoms with Gasteiger partial charge in [0.1, 0.15) is 6.04 Å². The third-order valence-electron chi connectivity index (χ3n) is 2.41. The van der Waals surface area contributed by atoms with Crippen molar-refractivity contribution in [2.75, 3.05) is 20.8 Å². The molecule has 4 nitrogen and oxygen atoms in total. The number of hydrogen-bond acceptors (Lipinski definition) is 4. The molecular weight excluding hydrogens is 244 g/mol. The van der Waals surface area contributed by atoms with Gasteiger partial charge in [-0.2, -0.15) is 4.39 Å². The normalized spacial score (nSPS) is 12.0. The maximum atomic E-state index is 13.2. The van der Waals surface area contributed by atoms with Crippen LogP contribution in [0.5, 0.6) is 5.75 Å². The summed E-state index contributed by atoms with van der Waals surface area (Å²) < 4.78 is 35.7. The first kappa shape index (κ1) is 14.4. The minimum Gasteiger partial charge on any atom is -0.490 e. The van der Waals surface area contributed by atoms with E-state index in [1.807, 2.05) is 0 Å². The molecule has 1 unspecified atom stereocenters. The molecule has 0 aliphatic rings. The van der Waals surface area contributed by atoms with E-state index in [0.29, 0.717) is 6.42 Å². The predicted molar refractivity (Wildman–Crippen MR) is 61.3 cm³/mol. The van der Waals surface area contributed by atoms with Gasteiger partial charge in [0.15, 0.2) is 11.6 Å². The van der Waals surface area contributed by atoms with Gasteiger partial charge in [-0.1, -0.05) is 6.07 Å². The van der Waals surface area contributed by atoms with Crippen molar-refractivity contribution in [2.45, 2.75) is 12.5 Å². The summed E-state index contributed by atoms with van der Waals surface area (Å²) in [5.74, 6) is -2.60. The number of carbonyl (C=O) groups is 1. The quantitative estimate of drug-likeness (QED) is 0.786. The van der Waals surface area contributed by atoms with Gasteiger partial charge in [0.25, 0.3) is 0 Å². The molecule has 100 valence electrons. The Bertz CT molecular complexity index is 412. The summed E-state index contributed by atoms with van der Waals surface area (Å²) in [5, 5.41) is 2.74. The van der Waals surface area contributed by atoms with Crippen LogP contribution in [-0.2, 0) is 9.53 Å². The average Bonchev–Trinajstić information content (AvgIpc) is 2.38. The number of hydrogen-bond donors (Lipinski definition) is 1. The van der Waals surface area contributed by atoms with Crippen LogP contribution < -0.4 is 10.1 Å². The zero-order valence-electron chi connectivity index (χ0n) is 10.2. The minimum absolute atomic E-state index is 0.0704. The van der Waals surface area contributed by atoms with Gasteiger partial charge in [0, 0.05) is 6.42 Å². The molecule has 6 heteroatoms. The lowest BCUT2D eigenvalue weighted by Crippen LogP contribution is -2.36. The molecule has 18 heavy (non-hydrogen) atoms. The summed E-state index contributed by atoms with van der Waals surface area (Å²) in [5.41, 5.74) is 0. The molecule has 1 aromatic rings. The molecule has 0 aliphatic carbocycles. The molecule has 0 fully saturated rings. The van der Waals surface area contributed by atoms with Gasteiger partial charge in [0.2, 0.25) is 5.82 Å². The highest BCUT2D eigenvalue weighted by molar-refractivity contribution is 5.75. The van der Waals surface area contributed by atoms with E-state index >= 15 is 0 Å². The van der Waals surface area contributed by atoms with Crippen molar-refractivity contribution in [3.8, 4) is 5.75 Å². The Morgan fingerprint density at radius 3 is 2.78 bits per heavy atom. The molecule has 0 aliphatic heterocycles. The standard InChI is InChI=1S/C12H15F2NO3/c1-15-9(12(16)17-2)6-7-18-10-5-3-4-8(13)11(10)14/h3-5,9,15H,6-7H2,1-2H3. The van der Waals surface area contributed by atoms with Crippen molar-refractivity contribution in [3.05, 3.63) is 29.8 Å². The van der Waals surface area contributed by atoms with Crippen LogP contribution in [0.3, 0.4) is 0 Å². The summed E-state index contributed by atoms with van der Waals surface area (Å²) in [6, 6.07) is 3.15. The smallest absolute Gasteiger partial charge is 0.322 e. The Hall–Kier alpha value is -1.69. The molecular formula is C12H15F2NO3. The van der Waals surface area contributed by atoms with E-state index in [0.717, 1.165) is 6.07 Å². The second kappa shape index (κ2) is 6.90. The van der Waals surface area contributed by atoms with Crippen LogP contribution in [0, 0.1) is 11.6 Å². The fourth-order valence-electron chi connectivity index (χ4n) is 1.40. The predicted octanol–water partition coefficient (Wildman–Crippen LogP) is 1.49. The number of ether oxygens (including phenoxy) is 2. The number of rotatable bonds is 6. The topological polar surface area (TPSA) is 47.6 Å². The minimum atomic E-state index is -1.03. The zero-order chi connectivity index (χ0) is 13.5. The Morgan fingerprint density at radius 2 is 2.17 bits per heavy atom. The van der Waals surface area contributed by atoms with Gasteiger partial charge in [-0.05, 0) is 19.2 Å². The van der Waals surface area contributed by atoms with Crippen molar-refractivity contribution >= 4 is 5.97 Å². The molecule has 0 bridgehead atoms. The molecule has 0 aromatic heterocycles. The summed E-state index contributed by atoms with van der Waals surface area (Å²) in [6.07, 6.45) is 0.291. The molecule has 0 saturated carbocycles. The average molecular weight is 259 g/mol. The molecule has 1 rings (SSSR count). The molecule has 0 saturated heterocycles. The first-order valence-corrected chi connectivity index (χ1v) is 5.42. The van der Waals surface area contributed by atoms with Crippen LogP contribution in [0.25, 0.3) is 0 Å². The largest absolute Gasteiger partial charge is 0.490 e. The van der Waals surface area contributed by atoms with Gasteiger partial charge in [0.05, 0.1) is 13.7 Å². The Kier molecular flexibility index (Phi) is 5.51. The van der Waals surface area contributed by atoms with E-state index in [-0.39, 0.29) is 12.4 Å². The van der Waals surface area contributed by atoms with Gasteiger partial charge in [-0.15, -0.1) is 0 Å². The fourth-order valence-corrected chi connectivity index (χ4v) is 1.40. The van der Waals surface area contributed by atoms with E-state index in [9.17, 15) is 13.6 Å². The molecule has 0 heterocycles. The number of benzene rings is 1. The lowest BCUT2D eigenvalue weighted by atomic mass is 10.2. The first-order valence-electron chi connectivity index (χ1n) is 5.42. The van der Waals surface area contributed by atoms with Crippen molar-refractivity contribution in [1.29, 1.82) is 0 Å².